The van der Waals surface area contributed by atoms with Gasteiger partial charge in [0.1, 0.15) is 11.8 Å². The Hall–Kier alpha value is -2.13. The molecule has 2 rings (SSSR count). The summed E-state index contributed by atoms with van der Waals surface area (Å²) in [5.74, 6) is -0.163. The lowest BCUT2D eigenvalue weighted by Gasteiger charge is -2.35. The molecule has 6 heteroatoms. The number of piperazine rings is 1. The smallest absolute Gasteiger partial charge is 0.306 e. The molecule has 0 spiro atoms. The van der Waals surface area contributed by atoms with Crippen molar-refractivity contribution in [1.82, 2.24) is 9.88 Å². The minimum atomic E-state index is -0.163. The Balaban J connectivity index is 1.81. The summed E-state index contributed by atoms with van der Waals surface area (Å²) >= 11 is 0. The zero-order valence-electron chi connectivity index (χ0n) is 11.6. The van der Waals surface area contributed by atoms with Gasteiger partial charge in [-0.2, -0.15) is 5.26 Å². The van der Waals surface area contributed by atoms with E-state index in [4.69, 9.17) is 5.26 Å². The number of hydrogen-bond donors (Lipinski definition) is 0. The van der Waals surface area contributed by atoms with Gasteiger partial charge in [-0.3, -0.25) is 9.69 Å². The van der Waals surface area contributed by atoms with Crippen molar-refractivity contribution in [3.8, 4) is 6.07 Å². The highest BCUT2D eigenvalue weighted by Gasteiger charge is 2.18. The third-order valence-electron chi connectivity index (χ3n) is 3.46. The molecule has 1 fully saturated rings. The van der Waals surface area contributed by atoms with E-state index in [-0.39, 0.29) is 5.97 Å². The number of hydrogen-bond acceptors (Lipinski definition) is 6. The van der Waals surface area contributed by atoms with Crippen LogP contribution in [0.5, 0.6) is 0 Å². The molecule has 20 heavy (non-hydrogen) atoms. The molecule has 0 amide bonds. The summed E-state index contributed by atoms with van der Waals surface area (Å²) in [7, 11) is 1.41. The molecule has 0 N–H and O–H groups in total. The molecular formula is C14H18N4O2. The summed E-state index contributed by atoms with van der Waals surface area (Å²) < 4.78 is 4.64. The van der Waals surface area contributed by atoms with E-state index in [1.165, 1.54) is 7.11 Å². The van der Waals surface area contributed by atoms with Crippen LogP contribution in [0.3, 0.4) is 0 Å². The molecule has 0 aliphatic carbocycles. The number of nitrogens with zero attached hydrogens (tertiary/aromatic N) is 4. The van der Waals surface area contributed by atoms with E-state index in [2.05, 4.69) is 19.5 Å². The van der Waals surface area contributed by atoms with E-state index >= 15 is 0 Å². The van der Waals surface area contributed by atoms with Gasteiger partial charge in [-0.15, -0.1) is 0 Å². The maximum atomic E-state index is 11.1. The fourth-order valence-electron chi connectivity index (χ4n) is 2.22. The summed E-state index contributed by atoms with van der Waals surface area (Å²) in [5.41, 5.74) is 1.47. The molecule has 1 saturated heterocycles. The Morgan fingerprint density at radius 3 is 2.70 bits per heavy atom. The number of aromatic nitrogens is 1. The highest BCUT2D eigenvalue weighted by Crippen LogP contribution is 2.15. The third-order valence-corrected chi connectivity index (χ3v) is 3.46. The molecule has 0 saturated carbocycles. The van der Waals surface area contributed by atoms with Crippen LogP contribution in [0, 0.1) is 11.3 Å². The molecule has 1 aliphatic heterocycles. The summed E-state index contributed by atoms with van der Waals surface area (Å²) in [6, 6.07) is 5.68. The average molecular weight is 274 g/mol. The first kappa shape index (κ1) is 14.3. The predicted molar refractivity (Wildman–Crippen MR) is 74.2 cm³/mol. The van der Waals surface area contributed by atoms with Crippen LogP contribution in [-0.4, -0.2) is 55.7 Å². The second-order valence-electron chi connectivity index (χ2n) is 4.67. The van der Waals surface area contributed by atoms with Crippen molar-refractivity contribution in [2.75, 3.05) is 44.7 Å². The number of carbonyl (C=O) groups is 1. The van der Waals surface area contributed by atoms with Crippen LogP contribution < -0.4 is 4.90 Å². The van der Waals surface area contributed by atoms with Gasteiger partial charge in [-0.05, 0) is 12.1 Å². The maximum absolute atomic E-state index is 11.1. The lowest BCUT2D eigenvalue weighted by atomic mass is 10.2. The second-order valence-corrected chi connectivity index (χ2v) is 4.67. The Morgan fingerprint density at radius 2 is 2.15 bits per heavy atom. The Labute approximate surface area is 118 Å². The molecule has 0 bridgehead atoms. The zero-order valence-corrected chi connectivity index (χ0v) is 11.6. The Kier molecular flexibility index (Phi) is 4.91. The number of rotatable bonds is 4. The normalized spacial score (nSPS) is 15.7. The standard InChI is InChI=1S/C14H18N4O2/c1-20-14(19)4-5-17-6-8-18(9-7-17)13-3-2-12(10-15)16-11-13/h2-3,11H,4-9H2,1H3. The number of carbonyl (C=O) groups excluding carboxylic acids is 1. The van der Waals surface area contributed by atoms with Crippen molar-refractivity contribution < 1.29 is 9.53 Å². The van der Waals surface area contributed by atoms with Crippen LogP contribution in [-0.2, 0) is 9.53 Å². The summed E-state index contributed by atoms with van der Waals surface area (Å²) in [4.78, 5) is 19.7. The summed E-state index contributed by atoms with van der Waals surface area (Å²) in [6.45, 7) is 4.36. The van der Waals surface area contributed by atoms with Gasteiger partial charge < -0.3 is 9.64 Å². The molecular weight excluding hydrogens is 256 g/mol. The van der Waals surface area contributed by atoms with Crippen LogP contribution in [0.1, 0.15) is 12.1 Å². The van der Waals surface area contributed by atoms with Crippen molar-refractivity contribution in [3.63, 3.8) is 0 Å². The largest absolute Gasteiger partial charge is 0.469 e. The molecule has 0 radical (unpaired) electrons. The molecule has 2 heterocycles. The van der Waals surface area contributed by atoms with Crippen molar-refractivity contribution in [2.45, 2.75) is 6.42 Å². The first-order valence-corrected chi connectivity index (χ1v) is 6.63. The quantitative estimate of drug-likeness (QED) is 0.750. The molecule has 1 aromatic heterocycles. The monoisotopic (exact) mass is 274 g/mol. The van der Waals surface area contributed by atoms with Crippen molar-refractivity contribution in [2.24, 2.45) is 0 Å². The molecule has 1 aromatic rings. The van der Waals surface area contributed by atoms with Crippen LogP contribution in [0.2, 0.25) is 0 Å². The number of esters is 1. The van der Waals surface area contributed by atoms with Gasteiger partial charge in [0.25, 0.3) is 0 Å². The lowest BCUT2D eigenvalue weighted by molar-refractivity contribution is -0.141. The Morgan fingerprint density at radius 1 is 1.40 bits per heavy atom. The van der Waals surface area contributed by atoms with E-state index in [1.54, 1.807) is 12.3 Å². The lowest BCUT2D eigenvalue weighted by Crippen LogP contribution is -2.47. The van der Waals surface area contributed by atoms with Crippen LogP contribution in [0.15, 0.2) is 18.3 Å². The van der Waals surface area contributed by atoms with E-state index < -0.39 is 0 Å². The van der Waals surface area contributed by atoms with Gasteiger partial charge in [0.15, 0.2) is 0 Å². The number of anilines is 1. The van der Waals surface area contributed by atoms with E-state index in [0.29, 0.717) is 12.1 Å². The minimum absolute atomic E-state index is 0.163. The highest BCUT2D eigenvalue weighted by molar-refractivity contribution is 5.69. The van der Waals surface area contributed by atoms with Gasteiger partial charge in [-0.25, -0.2) is 4.98 Å². The molecule has 106 valence electrons. The average Bonchev–Trinajstić information content (AvgIpc) is 2.53. The van der Waals surface area contributed by atoms with Gasteiger partial charge in [0.05, 0.1) is 25.4 Å². The SMILES string of the molecule is COC(=O)CCN1CCN(c2ccc(C#N)nc2)CC1. The first-order chi connectivity index (χ1) is 9.72. The molecule has 1 aliphatic rings. The molecule has 0 aromatic carbocycles. The van der Waals surface area contributed by atoms with Gasteiger partial charge >= 0.3 is 5.97 Å². The van der Waals surface area contributed by atoms with Gasteiger partial charge in [0.2, 0.25) is 0 Å². The molecule has 0 unspecified atom stereocenters. The van der Waals surface area contributed by atoms with Crippen molar-refractivity contribution >= 4 is 11.7 Å². The molecule has 6 nitrogen and oxygen atoms in total. The minimum Gasteiger partial charge on any atom is -0.469 e. The van der Waals surface area contributed by atoms with Crippen molar-refractivity contribution in [3.05, 3.63) is 24.0 Å². The second kappa shape index (κ2) is 6.87. The number of nitriles is 1. The third kappa shape index (κ3) is 3.68. The van der Waals surface area contributed by atoms with E-state index in [9.17, 15) is 4.79 Å². The van der Waals surface area contributed by atoms with Crippen LogP contribution in [0.25, 0.3) is 0 Å². The zero-order chi connectivity index (χ0) is 14.4. The topological polar surface area (TPSA) is 69.5 Å². The molecule has 0 atom stereocenters. The number of ether oxygens (including phenoxy) is 1. The number of methoxy groups -OCH3 is 1. The number of pyridine rings is 1. The first-order valence-electron chi connectivity index (χ1n) is 6.63. The summed E-state index contributed by atoms with van der Waals surface area (Å²) in [5, 5.41) is 8.73. The van der Waals surface area contributed by atoms with Gasteiger partial charge in [-0.1, -0.05) is 0 Å². The Bertz CT molecular complexity index is 487. The van der Waals surface area contributed by atoms with Crippen molar-refractivity contribution in [1.29, 1.82) is 5.26 Å². The fraction of sp³-hybridized carbons (Fsp3) is 0.500. The van der Waals surface area contributed by atoms with E-state index in [0.717, 1.165) is 38.4 Å². The van der Waals surface area contributed by atoms with Crippen LogP contribution in [0.4, 0.5) is 5.69 Å². The fourth-order valence-corrected chi connectivity index (χ4v) is 2.22. The maximum Gasteiger partial charge on any atom is 0.306 e. The highest BCUT2D eigenvalue weighted by atomic mass is 16.5. The van der Waals surface area contributed by atoms with Crippen LogP contribution >= 0.6 is 0 Å². The van der Waals surface area contributed by atoms with E-state index in [1.807, 2.05) is 12.1 Å². The van der Waals surface area contributed by atoms with Gasteiger partial charge in [0, 0.05) is 32.7 Å². The predicted octanol–water partition coefficient (Wildman–Crippen LogP) is 0.638. The summed E-state index contributed by atoms with van der Waals surface area (Å²) in [6.07, 6.45) is 2.18.